The normalized spacial score (nSPS) is 25.8. The molecule has 1 aliphatic heterocycles. The zero-order valence-corrected chi connectivity index (χ0v) is 10.2. The molecule has 2 nitrogen and oxygen atoms in total. The van der Waals surface area contributed by atoms with Crippen LogP contribution in [0, 0.1) is 0 Å². The van der Waals surface area contributed by atoms with E-state index in [-0.39, 0.29) is 12.3 Å². The van der Waals surface area contributed by atoms with E-state index in [1.807, 2.05) is 12.1 Å². The van der Waals surface area contributed by atoms with Crippen LogP contribution < -0.4 is 5.32 Å². The van der Waals surface area contributed by atoms with Crippen LogP contribution in [0.25, 0.3) is 0 Å². The zero-order chi connectivity index (χ0) is 10.8. The molecule has 15 heavy (non-hydrogen) atoms. The lowest BCUT2D eigenvalue weighted by Crippen LogP contribution is -2.82. The Labute approximate surface area is 103 Å². The van der Waals surface area contributed by atoms with Gasteiger partial charge in [-0.15, -0.1) is 11.6 Å². The highest BCUT2D eigenvalue weighted by Crippen LogP contribution is 2.26. The minimum atomic E-state index is -0.0106. The molecule has 0 bridgehead atoms. The summed E-state index contributed by atoms with van der Waals surface area (Å²) in [6, 6.07) is 5.54. The molecule has 1 heterocycles. The van der Waals surface area contributed by atoms with Gasteiger partial charge in [-0.25, -0.2) is 0 Å². The van der Waals surface area contributed by atoms with Crippen molar-refractivity contribution < 1.29 is 10.1 Å². The van der Waals surface area contributed by atoms with E-state index in [9.17, 15) is 0 Å². The first-order valence-electron chi connectivity index (χ1n) is 4.70. The number of hydrogen-bond donors (Lipinski definition) is 1. The van der Waals surface area contributed by atoms with Crippen LogP contribution in [-0.2, 0) is 4.74 Å². The molecule has 82 valence electrons. The van der Waals surface area contributed by atoms with Gasteiger partial charge >= 0.3 is 0 Å². The number of alkyl halides is 1. The predicted molar refractivity (Wildman–Crippen MR) is 61.6 cm³/mol. The van der Waals surface area contributed by atoms with Crippen LogP contribution in [-0.4, -0.2) is 18.5 Å². The summed E-state index contributed by atoms with van der Waals surface area (Å²) >= 11 is 17.5. The highest BCUT2D eigenvalue weighted by molar-refractivity contribution is 6.42. The molecule has 1 aromatic carbocycles. The summed E-state index contributed by atoms with van der Waals surface area (Å²) < 4.78 is 5.70. The molecule has 0 unspecified atom stereocenters. The Hall–Kier alpha value is 0.01000. The van der Waals surface area contributed by atoms with Gasteiger partial charge < -0.3 is 10.1 Å². The first kappa shape index (κ1) is 11.5. The van der Waals surface area contributed by atoms with E-state index in [1.54, 1.807) is 6.07 Å². The molecule has 5 heteroatoms. The highest BCUT2D eigenvalue weighted by atomic mass is 35.5. The molecule has 0 spiro atoms. The molecule has 1 fully saturated rings. The molecule has 2 N–H and O–H groups in total. The van der Waals surface area contributed by atoms with E-state index in [1.165, 1.54) is 0 Å². The van der Waals surface area contributed by atoms with E-state index in [2.05, 4.69) is 5.32 Å². The molecular weight excluding hydrogens is 256 g/mol. The van der Waals surface area contributed by atoms with Crippen LogP contribution in [0.1, 0.15) is 11.8 Å². The number of halogens is 3. The maximum Gasteiger partial charge on any atom is 0.217 e. The van der Waals surface area contributed by atoms with Crippen molar-refractivity contribution >= 4 is 34.8 Å². The van der Waals surface area contributed by atoms with Crippen LogP contribution in [0.2, 0.25) is 10.0 Å². The van der Waals surface area contributed by atoms with Gasteiger partial charge in [0.15, 0.2) is 0 Å². The van der Waals surface area contributed by atoms with Gasteiger partial charge in [-0.1, -0.05) is 23.2 Å². The van der Waals surface area contributed by atoms with Gasteiger partial charge in [0.25, 0.3) is 0 Å². The van der Waals surface area contributed by atoms with Crippen LogP contribution in [0.4, 0.5) is 0 Å². The number of nitrogens with two attached hydrogens (primary N) is 1. The highest BCUT2D eigenvalue weighted by Gasteiger charge is 2.29. The van der Waals surface area contributed by atoms with Crippen LogP contribution >= 0.6 is 34.8 Å². The zero-order valence-electron chi connectivity index (χ0n) is 7.92. The lowest BCUT2D eigenvalue weighted by atomic mass is 10.2. The number of hydrogen-bond acceptors (Lipinski definition) is 1. The summed E-state index contributed by atoms with van der Waals surface area (Å²) in [7, 11) is 0. The quantitative estimate of drug-likeness (QED) is 0.817. The van der Waals surface area contributed by atoms with Crippen molar-refractivity contribution in [3.8, 4) is 0 Å². The van der Waals surface area contributed by atoms with Gasteiger partial charge in [0.05, 0.1) is 15.9 Å². The summed E-state index contributed by atoms with van der Waals surface area (Å²) in [5.74, 6) is 0.522. The predicted octanol–water partition coefficient (Wildman–Crippen LogP) is 2.19. The molecule has 0 amide bonds. The van der Waals surface area contributed by atoms with Crippen LogP contribution in [0.3, 0.4) is 0 Å². The van der Waals surface area contributed by atoms with Gasteiger partial charge in [0.2, 0.25) is 6.23 Å². The number of benzene rings is 1. The Balaban J connectivity index is 2.13. The molecule has 1 aromatic rings. The topological polar surface area (TPSA) is 25.8 Å². The first-order chi connectivity index (χ1) is 7.20. The fraction of sp³-hybridized carbons (Fsp3) is 0.400. The Morgan fingerprint density at radius 2 is 2.13 bits per heavy atom. The molecule has 1 saturated heterocycles. The second-order valence-corrected chi connectivity index (χ2v) is 4.60. The molecule has 0 aromatic heterocycles. The van der Waals surface area contributed by atoms with E-state index >= 15 is 0 Å². The van der Waals surface area contributed by atoms with Gasteiger partial charge in [-0.05, 0) is 18.2 Å². The fourth-order valence-corrected chi connectivity index (χ4v) is 2.10. The average Bonchev–Trinajstić information content (AvgIpc) is 2.70. The van der Waals surface area contributed by atoms with Gasteiger partial charge in [0, 0.05) is 5.56 Å². The Morgan fingerprint density at radius 3 is 2.73 bits per heavy atom. The summed E-state index contributed by atoms with van der Waals surface area (Å²) in [6.07, 6.45) is 0.106. The third kappa shape index (κ3) is 2.58. The van der Waals surface area contributed by atoms with Crippen molar-refractivity contribution in [3.63, 3.8) is 0 Å². The number of quaternary nitrogens is 1. The monoisotopic (exact) mass is 266 g/mol. The molecule has 2 atom stereocenters. The van der Waals surface area contributed by atoms with Crippen molar-refractivity contribution in [1.29, 1.82) is 0 Å². The fourth-order valence-electron chi connectivity index (χ4n) is 1.60. The van der Waals surface area contributed by atoms with Crippen molar-refractivity contribution in [2.45, 2.75) is 12.3 Å². The first-order valence-corrected chi connectivity index (χ1v) is 5.99. The summed E-state index contributed by atoms with van der Waals surface area (Å²) in [4.78, 5) is 0. The average molecular weight is 268 g/mol. The lowest BCUT2D eigenvalue weighted by molar-refractivity contribution is -0.697. The van der Waals surface area contributed by atoms with Gasteiger partial charge in [-0.2, -0.15) is 0 Å². The van der Waals surface area contributed by atoms with Crippen molar-refractivity contribution in [2.75, 3.05) is 12.4 Å². The standard InChI is InChI=1S/C10H10Cl3NO/c11-4-7-5-14-10(15-7)6-1-2-8(12)9(13)3-6/h1-3,7,10,14H,4-5H2/p+1/t7-,10-/m0/s1. The van der Waals surface area contributed by atoms with E-state index in [0.29, 0.717) is 15.9 Å². The molecule has 0 aliphatic carbocycles. The summed E-state index contributed by atoms with van der Waals surface area (Å²) in [5, 5.41) is 3.22. The number of ether oxygens (including phenoxy) is 1. The largest absolute Gasteiger partial charge is 0.315 e. The third-order valence-corrected chi connectivity index (χ3v) is 3.48. The van der Waals surface area contributed by atoms with Gasteiger partial charge in [-0.3, -0.25) is 0 Å². The SMILES string of the molecule is ClC[C@H]1C[NH2+][C@H](c2ccc(Cl)c(Cl)c2)O1. The Kier molecular flexibility index (Phi) is 3.75. The van der Waals surface area contributed by atoms with E-state index in [0.717, 1.165) is 12.1 Å². The lowest BCUT2D eigenvalue weighted by Gasteiger charge is -2.08. The van der Waals surface area contributed by atoms with E-state index in [4.69, 9.17) is 39.5 Å². The Morgan fingerprint density at radius 1 is 1.33 bits per heavy atom. The summed E-state index contributed by atoms with van der Waals surface area (Å²) in [5.41, 5.74) is 1.03. The maximum absolute atomic E-state index is 5.94. The minimum Gasteiger partial charge on any atom is -0.315 e. The van der Waals surface area contributed by atoms with Crippen molar-refractivity contribution in [2.24, 2.45) is 0 Å². The maximum atomic E-state index is 5.94. The minimum absolute atomic E-state index is 0.0106. The molecule has 2 rings (SSSR count). The van der Waals surface area contributed by atoms with Crippen LogP contribution in [0.15, 0.2) is 18.2 Å². The molecule has 0 radical (unpaired) electrons. The van der Waals surface area contributed by atoms with Crippen LogP contribution in [0.5, 0.6) is 0 Å². The molecule has 1 aliphatic rings. The second-order valence-electron chi connectivity index (χ2n) is 3.48. The number of rotatable bonds is 2. The molecular formula is C10H11Cl3NO+. The second kappa shape index (κ2) is 4.89. The van der Waals surface area contributed by atoms with E-state index < -0.39 is 0 Å². The van der Waals surface area contributed by atoms with Crippen molar-refractivity contribution in [3.05, 3.63) is 33.8 Å². The Bertz CT molecular complexity index is 359. The smallest absolute Gasteiger partial charge is 0.217 e. The molecule has 0 saturated carbocycles. The third-order valence-electron chi connectivity index (χ3n) is 2.40. The van der Waals surface area contributed by atoms with Crippen molar-refractivity contribution in [1.82, 2.24) is 0 Å². The summed E-state index contributed by atoms with van der Waals surface area (Å²) in [6.45, 7) is 0.883. The van der Waals surface area contributed by atoms with Gasteiger partial charge in [0.1, 0.15) is 12.6 Å².